The maximum atomic E-state index is 12.2. The molecule has 0 radical (unpaired) electrons. The van der Waals surface area contributed by atoms with Gasteiger partial charge in [0.05, 0.1) is 6.04 Å². The van der Waals surface area contributed by atoms with Crippen molar-refractivity contribution in [2.75, 3.05) is 12.3 Å². The second-order valence-electron chi connectivity index (χ2n) is 6.16. The highest BCUT2D eigenvalue weighted by molar-refractivity contribution is 7.99. The van der Waals surface area contributed by atoms with Crippen molar-refractivity contribution in [3.8, 4) is 0 Å². The molecule has 1 heterocycles. The molecule has 136 valence electrons. The van der Waals surface area contributed by atoms with Crippen LogP contribution in [0.5, 0.6) is 0 Å². The van der Waals surface area contributed by atoms with E-state index in [0.29, 0.717) is 30.0 Å². The van der Waals surface area contributed by atoms with Crippen LogP contribution < -0.4 is 10.6 Å². The minimum absolute atomic E-state index is 0.0254. The molecule has 0 bridgehead atoms. The van der Waals surface area contributed by atoms with E-state index in [1.165, 1.54) is 10.5 Å². The molecular formula is C20H21ClN2O2S. The van der Waals surface area contributed by atoms with Gasteiger partial charge in [-0.25, -0.2) is 0 Å². The van der Waals surface area contributed by atoms with Crippen molar-refractivity contribution in [3.05, 3.63) is 64.7 Å². The minimum atomic E-state index is -0.152. The Hall–Kier alpha value is -1.98. The Morgan fingerprint density at radius 2 is 1.88 bits per heavy atom. The zero-order valence-corrected chi connectivity index (χ0v) is 15.9. The van der Waals surface area contributed by atoms with Crippen LogP contribution in [-0.4, -0.2) is 24.1 Å². The lowest BCUT2D eigenvalue weighted by molar-refractivity contribution is -0.122. The van der Waals surface area contributed by atoms with Gasteiger partial charge in [0.25, 0.3) is 5.91 Å². The monoisotopic (exact) mass is 388 g/mol. The van der Waals surface area contributed by atoms with E-state index in [4.69, 9.17) is 11.6 Å². The molecule has 6 heteroatoms. The summed E-state index contributed by atoms with van der Waals surface area (Å²) < 4.78 is 0. The highest BCUT2D eigenvalue weighted by atomic mass is 35.5. The summed E-state index contributed by atoms with van der Waals surface area (Å²) in [7, 11) is 0. The van der Waals surface area contributed by atoms with E-state index < -0.39 is 0 Å². The average molecular weight is 389 g/mol. The Bertz CT molecular complexity index is 780. The summed E-state index contributed by atoms with van der Waals surface area (Å²) in [5, 5.41) is 6.55. The quantitative estimate of drug-likeness (QED) is 0.729. The van der Waals surface area contributed by atoms with E-state index >= 15 is 0 Å². The van der Waals surface area contributed by atoms with E-state index in [1.807, 2.05) is 23.9 Å². The van der Waals surface area contributed by atoms with Gasteiger partial charge >= 0.3 is 0 Å². The molecule has 0 fully saturated rings. The first kappa shape index (κ1) is 18.8. The first-order valence-corrected chi connectivity index (χ1v) is 10.0. The predicted octanol–water partition coefficient (Wildman–Crippen LogP) is 4.20. The van der Waals surface area contributed by atoms with E-state index in [0.717, 1.165) is 12.2 Å². The van der Waals surface area contributed by atoms with Crippen LogP contribution in [0.2, 0.25) is 5.02 Å². The Morgan fingerprint density at radius 1 is 1.12 bits per heavy atom. The van der Waals surface area contributed by atoms with Crippen molar-refractivity contribution in [1.29, 1.82) is 0 Å². The fraction of sp³-hybridized carbons (Fsp3) is 0.300. The molecule has 0 aromatic heterocycles. The molecule has 2 aromatic rings. The van der Waals surface area contributed by atoms with E-state index in [9.17, 15) is 9.59 Å². The first-order chi connectivity index (χ1) is 12.6. The number of fused-ring (bicyclic) bond motifs is 1. The van der Waals surface area contributed by atoms with Crippen LogP contribution in [0.1, 0.15) is 41.2 Å². The van der Waals surface area contributed by atoms with Crippen molar-refractivity contribution < 1.29 is 9.59 Å². The van der Waals surface area contributed by atoms with Gasteiger partial charge in [-0.2, -0.15) is 0 Å². The molecule has 2 aromatic carbocycles. The number of benzene rings is 2. The van der Waals surface area contributed by atoms with Gasteiger partial charge in [0, 0.05) is 34.2 Å². The smallest absolute Gasteiger partial charge is 0.251 e. The van der Waals surface area contributed by atoms with Crippen LogP contribution in [-0.2, 0) is 4.79 Å². The average Bonchev–Trinajstić information content (AvgIpc) is 2.66. The zero-order chi connectivity index (χ0) is 18.4. The Morgan fingerprint density at radius 3 is 2.69 bits per heavy atom. The van der Waals surface area contributed by atoms with Crippen LogP contribution in [0.25, 0.3) is 0 Å². The molecule has 26 heavy (non-hydrogen) atoms. The second kappa shape index (κ2) is 9.10. The minimum Gasteiger partial charge on any atom is -0.352 e. The topological polar surface area (TPSA) is 58.2 Å². The maximum Gasteiger partial charge on any atom is 0.251 e. The fourth-order valence-corrected chi connectivity index (χ4v) is 4.16. The van der Waals surface area contributed by atoms with Gasteiger partial charge in [0.15, 0.2) is 0 Å². The molecular weight excluding hydrogens is 368 g/mol. The van der Waals surface area contributed by atoms with Gasteiger partial charge in [-0.3, -0.25) is 9.59 Å². The van der Waals surface area contributed by atoms with Crippen molar-refractivity contribution in [1.82, 2.24) is 10.6 Å². The predicted molar refractivity (Wildman–Crippen MR) is 106 cm³/mol. The first-order valence-electron chi connectivity index (χ1n) is 8.68. The summed E-state index contributed by atoms with van der Waals surface area (Å²) >= 11 is 7.65. The standard InChI is InChI=1S/C20H21ClN2O2S/c21-15-9-7-14(8-10-15)20(25)22-12-3-6-19(24)23-17-11-13-26-18-5-2-1-4-16(17)18/h1-2,4-5,7-10,17H,3,6,11-13H2,(H,22,25)(H,23,24). The fourth-order valence-electron chi connectivity index (χ4n) is 2.91. The molecule has 2 amide bonds. The number of hydrogen-bond donors (Lipinski definition) is 2. The molecule has 1 atom stereocenters. The molecule has 0 saturated heterocycles. The van der Waals surface area contributed by atoms with Crippen LogP contribution in [0.4, 0.5) is 0 Å². The Balaban J connectivity index is 1.41. The molecule has 0 spiro atoms. The third-order valence-corrected chi connectivity index (χ3v) is 5.64. The molecule has 1 unspecified atom stereocenters. The van der Waals surface area contributed by atoms with E-state index in [1.54, 1.807) is 24.3 Å². The number of nitrogens with one attached hydrogen (secondary N) is 2. The van der Waals surface area contributed by atoms with Gasteiger partial charge in [-0.1, -0.05) is 29.8 Å². The van der Waals surface area contributed by atoms with Gasteiger partial charge < -0.3 is 10.6 Å². The van der Waals surface area contributed by atoms with Crippen LogP contribution in [0, 0.1) is 0 Å². The van der Waals surface area contributed by atoms with E-state index in [-0.39, 0.29) is 17.9 Å². The summed E-state index contributed by atoms with van der Waals surface area (Å²) in [6, 6.07) is 15.0. The number of carbonyl (C=O) groups is 2. The molecule has 4 nitrogen and oxygen atoms in total. The zero-order valence-electron chi connectivity index (χ0n) is 14.3. The summed E-state index contributed by atoms with van der Waals surface area (Å²) in [5.41, 5.74) is 1.77. The lowest BCUT2D eigenvalue weighted by atomic mass is 10.0. The lowest BCUT2D eigenvalue weighted by Gasteiger charge is -2.25. The highest BCUT2D eigenvalue weighted by Gasteiger charge is 2.21. The van der Waals surface area contributed by atoms with Crippen molar-refractivity contribution in [2.24, 2.45) is 0 Å². The second-order valence-corrected chi connectivity index (χ2v) is 7.73. The van der Waals surface area contributed by atoms with Gasteiger partial charge in [0.2, 0.25) is 5.91 Å². The lowest BCUT2D eigenvalue weighted by Crippen LogP contribution is -2.31. The molecule has 3 rings (SSSR count). The Labute approximate surface area is 162 Å². The number of thioether (sulfide) groups is 1. The summed E-state index contributed by atoms with van der Waals surface area (Å²) in [5.74, 6) is 0.886. The number of hydrogen-bond acceptors (Lipinski definition) is 3. The number of rotatable bonds is 6. The number of halogens is 1. The summed E-state index contributed by atoms with van der Waals surface area (Å²) in [4.78, 5) is 25.5. The van der Waals surface area contributed by atoms with Gasteiger partial charge in [0.1, 0.15) is 0 Å². The van der Waals surface area contributed by atoms with Crippen molar-refractivity contribution in [2.45, 2.75) is 30.2 Å². The van der Waals surface area contributed by atoms with Crippen LogP contribution in [0.15, 0.2) is 53.4 Å². The number of carbonyl (C=O) groups excluding carboxylic acids is 2. The van der Waals surface area contributed by atoms with Crippen LogP contribution in [0.3, 0.4) is 0 Å². The SMILES string of the molecule is O=C(CCCNC(=O)c1ccc(Cl)cc1)NC1CCSc2ccccc21. The molecule has 0 saturated carbocycles. The van der Waals surface area contributed by atoms with Gasteiger partial charge in [-0.05, 0) is 48.7 Å². The summed E-state index contributed by atoms with van der Waals surface area (Å²) in [6.45, 7) is 0.464. The largest absolute Gasteiger partial charge is 0.352 e. The third kappa shape index (κ3) is 5.02. The molecule has 1 aliphatic rings. The normalized spacial score (nSPS) is 15.8. The van der Waals surface area contributed by atoms with E-state index in [2.05, 4.69) is 22.8 Å². The van der Waals surface area contributed by atoms with Crippen LogP contribution >= 0.6 is 23.4 Å². The Kier molecular flexibility index (Phi) is 6.58. The van der Waals surface area contributed by atoms with Gasteiger partial charge in [-0.15, -0.1) is 11.8 Å². The molecule has 1 aliphatic heterocycles. The highest BCUT2D eigenvalue weighted by Crippen LogP contribution is 2.35. The van der Waals surface area contributed by atoms with Crippen molar-refractivity contribution in [3.63, 3.8) is 0 Å². The molecule has 2 N–H and O–H groups in total. The summed E-state index contributed by atoms with van der Waals surface area (Å²) in [6.07, 6.45) is 1.95. The third-order valence-electron chi connectivity index (χ3n) is 4.27. The maximum absolute atomic E-state index is 12.2. The van der Waals surface area contributed by atoms with Crippen molar-refractivity contribution >= 4 is 35.2 Å². The molecule has 0 aliphatic carbocycles. The number of amides is 2.